The van der Waals surface area contributed by atoms with Gasteiger partial charge < -0.3 is 9.47 Å². The minimum Gasteiger partial charge on any atom is -0.480 e. The van der Waals surface area contributed by atoms with Crippen LogP contribution in [-0.2, 0) is 14.3 Å². The van der Waals surface area contributed by atoms with Crippen molar-refractivity contribution in [2.45, 2.75) is 19.2 Å². The first-order valence-electron chi connectivity index (χ1n) is 3.65. The second-order valence-corrected chi connectivity index (χ2v) is 2.35. The van der Waals surface area contributed by atoms with Crippen molar-refractivity contribution in [2.75, 3.05) is 13.2 Å². The highest BCUT2D eigenvalue weighted by Gasteiger charge is 2.22. The molecule has 1 unspecified atom stereocenters. The van der Waals surface area contributed by atoms with Crippen LogP contribution in [-0.4, -0.2) is 30.5 Å². The molecule has 0 rings (SSSR count). The number of carbonyl (C=O) groups excluding carboxylic acids is 1. The maximum absolute atomic E-state index is 10.9. The minimum absolute atomic E-state index is 0.251. The summed E-state index contributed by atoms with van der Waals surface area (Å²) in [7, 11) is 0. The van der Waals surface area contributed by atoms with Crippen molar-refractivity contribution in [3.63, 3.8) is 0 Å². The van der Waals surface area contributed by atoms with Crippen LogP contribution >= 0.6 is 11.6 Å². The second-order valence-electron chi connectivity index (χ2n) is 1.91. The van der Waals surface area contributed by atoms with Gasteiger partial charge in [-0.3, -0.25) is 5.41 Å². The lowest BCUT2D eigenvalue weighted by Gasteiger charge is -2.09. The molecule has 12 heavy (non-hydrogen) atoms. The lowest BCUT2D eigenvalue weighted by molar-refractivity contribution is -0.141. The van der Waals surface area contributed by atoms with E-state index in [9.17, 15) is 4.79 Å². The molecule has 0 radical (unpaired) electrons. The van der Waals surface area contributed by atoms with Crippen molar-refractivity contribution in [1.82, 2.24) is 0 Å². The van der Waals surface area contributed by atoms with Crippen LogP contribution in [0.3, 0.4) is 0 Å². The number of carbonyl (C=O) groups is 1. The quantitative estimate of drug-likeness (QED) is 0.316. The fourth-order valence-corrected chi connectivity index (χ4v) is 0.677. The van der Waals surface area contributed by atoms with E-state index in [1.807, 2.05) is 0 Å². The number of ether oxygens (including phenoxy) is 2. The van der Waals surface area contributed by atoms with Gasteiger partial charge in [0.1, 0.15) is 0 Å². The normalized spacial score (nSPS) is 11.9. The first-order valence-corrected chi connectivity index (χ1v) is 4.09. The molecule has 0 aromatic heterocycles. The molecule has 1 N–H and O–H groups in total. The van der Waals surface area contributed by atoms with Gasteiger partial charge in [0.05, 0.1) is 13.2 Å². The Morgan fingerprint density at radius 3 is 2.33 bits per heavy atom. The predicted octanol–water partition coefficient (Wildman–Crippen LogP) is 1.17. The largest absolute Gasteiger partial charge is 0.480 e. The molecule has 0 heterocycles. The van der Waals surface area contributed by atoms with Crippen molar-refractivity contribution in [2.24, 2.45) is 0 Å². The number of alkyl halides is 1. The Morgan fingerprint density at radius 2 is 1.92 bits per heavy atom. The molecule has 1 atom stereocenters. The highest BCUT2D eigenvalue weighted by atomic mass is 35.5. The van der Waals surface area contributed by atoms with Gasteiger partial charge in [-0.25, -0.2) is 4.79 Å². The standard InChI is InChI=1S/C7H12ClNO3/c1-3-11-6(9)5(8)7(10)12-4-2/h5,9H,3-4H2,1-2H3. The van der Waals surface area contributed by atoms with Gasteiger partial charge in [-0.1, -0.05) is 11.6 Å². The molecule has 5 heteroatoms. The van der Waals surface area contributed by atoms with Gasteiger partial charge in [-0.15, -0.1) is 0 Å². The zero-order valence-electron chi connectivity index (χ0n) is 7.09. The first-order chi connectivity index (χ1) is 5.63. The van der Waals surface area contributed by atoms with E-state index in [0.717, 1.165) is 0 Å². The molecule has 0 aromatic carbocycles. The Bertz CT molecular complexity index is 154. The average Bonchev–Trinajstić information content (AvgIpc) is 2.04. The summed E-state index contributed by atoms with van der Waals surface area (Å²) in [6.45, 7) is 3.96. The van der Waals surface area contributed by atoms with E-state index < -0.39 is 11.3 Å². The van der Waals surface area contributed by atoms with Crippen molar-refractivity contribution in [3.8, 4) is 0 Å². The summed E-state index contributed by atoms with van der Waals surface area (Å²) in [5.74, 6) is -0.907. The Morgan fingerprint density at radius 1 is 1.42 bits per heavy atom. The summed E-state index contributed by atoms with van der Waals surface area (Å²) in [5.41, 5.74) is 0. The Balaban J connectivity index is 3.91. The number of hydrogen-bond donors (Lipinski definition) is 1. The Hall–Kier alpha value is -0.770. The number of hydrogen-bond acceptors (Lipinski definition) is 4. The van der Waals surface area contributed by atoms with E-state index in [1.165, 1.54) is 0 Å². The highest BCUT2D eigenvalue weighted by molar-refractivity contribution is 6.40. The monoisotopic (exact) mass is 193 g/mol. The Kier molecular flexibility index (Phi) is 5.45. The molecule has 0 amide bonds. The third-order valence-electron chi connectivity index (χ3n) is 1.02. The zero-order chi connectivity index (χ0) is 9.56. The number of nitrogens with one attached hydrogen (secondary N) is 1. The van der Waals surface area contributed by atoms with Gasteiger partial charge in [0.25, 0.3) is 0 Å². The molecule has 0 saturated heterocycles. The molecule has 0 spiro atoms. The van der Waals surface area contributed by atoms with Gasteiger partial charge in [0.2, 0.25) is 11.3 Å². The Labute approximate surface area is 76.3 Å². The third-order valence-corrected chi connectivity index (χ3v) is 1.40. The second kappa shape index (κ2) is 5.83. The highest BCUT2D eigenvalue weighted by Crippen LogP contribution is 2.02. The van der Waals surface area contributed by atoms with Crippen LogP contribution in [0.4, 0.5) is 0 Å². The van der Waals surface area contributed by atoms with Gasteiger partial charge in [0.15, 0.2) is 0 Å². The maximum Gasteiger partial charge on any atom is 0.333 e. The van der Waals surface area contributed by atoms with E-state index in [2.05, 4.69) is 4.74 Å². The smallest absolute Gasteiger partial charge is 0.333 e. The summed E-state index contributed by atoms with van der Waals surface area (Å²) in [6.07, 6.45) is 0. The predicted molar refractivity (Wildman–Crippen MR) is 45.6 cm³/mol. The SMILES string of the molecule is CCOC(=N)C(Cl)C(=O)OCC. The van der Waals surface area contributed by atoms with Crippen molar-refractivity contribution in [1.29, 1.82) is 5.41 Å². The van der Waals surface area contributed by atoms with Crippen LogP contribution in [0.15, 0.2) is 0 Å². The number of esters is 1. The van der Waals surface area contributed by atoms with E-state index >= 15 is 0 Å². The lowest BCUT2D eigenvalue weighted by atomic mass is 10.4. The molecule has 0 aromatic rings. The molecule has 0 aliphatic rings. The fraction of sp³-hybridized carbons (Fsp3) is 0.714. The molecule has 0 fully saturated rings. The van der Waals surface area contributed by atoms with Gasteiger partial charge in [0, 0.05) is 0 Å². The molecular weight excluding hydrogens is 182 g/mol. The van der Waals surface area contributed by atoms with Crippen LogP contribution in [0, 0.1) is 5.41 Å². The van der Waals surface area contributed by atoms with E-state index in [0.29, 0.717) is 6.61 Å². The minimum atomic E-state index is -1.12. The molecule has 0 aliphatic heterocycles. The molecule has 0 bridgehead atoms. The van der Waals surface area contributed by atoms with Crippen LogP contribution in [0.25, 0.3) is 0 Å². The zero-order valence-corrected chi connectivity index (χ0v) is 7.85. The van der Waals surface area contributed by atoms with Crippen LogP contribution in [0.2, 0.25) is 0 Å². The van der Waals surface area contributed by atoms with Crippen LogP contribution < -0.4 is 0 Å². The maximum atomic E-state index is 10.9. The molecule has 0 saturated carbocycles. The molecule has 70 valence electrons. The first kappa shape index (κ1) is 11.2. The summed E-state index contributed by atoms with van der Waals surface area (Å²) >= 11 is 5.52. The average molecular weight is 194 g/mol. The molecule has 0 aliphatic carbocycles. The summed E-state index contributed by atoms with van der Waals surface area (Å²) < 4.78 is 9.30. The summed E-state index contributed by atoms with van der Waals surface area (Å²) in [4.78, 5) is 10.9. The summed E-state index contributed by atoms with van der Waals surface area (Å²) in [5, 5.41) is 6.03. The number of rotatable bonds is 4. The summed E-state index contributed by atoms with van der Waals surface area (Å²) in [6, 6.07) is 0. The van der Waals surface area contributed by atoms with Crippen LogP contribution in [0.1, 0.15) is 13.8 Å². The van der Waals surface area contributed by atoms with Crippen molar-refractivity contribution < 1.29 is 14.3 Å². The van der Waals surface area contributed by atoms with Gasteiger partial charge in [-0.05, 0) is 13.8 Å². The van der Waals surface area contributed by atoms with E-state index in [4.69, 9.17) is 21.7 Å². The van der Waals surface area contributed by atoms with Crippen molar-refractivity contribution >= 4 is 23.5 Å². The van der Waals surface area contributed by atoms with Crippen molar-refractivity contribution in [3.05, 3.63) is 0 Å². The fourth-order valence-electron chi connectivity index (χ4n) is 0.551. The van der Waals surface area contributed by atoms with E-state index in [-0.39, 0.29) is 12.5 Å². The molecular formula is C7H12ClNO3. The molecule has 4 nitrogen and oxygen atoms in total. The number of halogens is 1. The van der Waals surface area contributed by atoms with Crippen LogP contribution in [0.5, 0.6) is 0 Å². The topological polar surface area (TPSA) is 59.4 Å². The lowest BCUT2D eigenvalue weighted by Crippen LogP contribution is -2.28. The van der Waals surface area contributed by atoms with E-state index in [1.54, 1.807) is 13.8 Å². The van der Waals surface area contributed by atoms with Gasteiger partial charge >= 0.3 is 5.97 Å². The third kappa shape index (κ3) is 3.57. The van der Waals surface area contributed by atoms with Gasteiger partial charge in [-0.2, -0.15) is 0 Å².